The van der Waals surface area contributed by atoms with Gasteiger partial charge in [0.1, 0.15) is 0 Å². The van der Waals surface area contributed by atoms with E-state index in [0.717, 1.165) is 23.8 Å². The first-order chi connectivity index (χ1) is 11.8. The molecule has 138 valence electrons. The fraction of sp³-hybridized carbons (Fsp3) is 0.632. The van der Waals surface area contributed by atoms with Crippen molar-refractivity contribution in [3.63, 3.8) is 0 Å². The molecule has 0 N–H and O–H groups in total. The Bertz CT molecular complexity index is 590. The molecule has 0 radical (unpaired) electrons. The quantitative estimate of drug-likeness (QED) is 0.175. The first kappa shape index (κ1) is 20.2. The summed E-state index contributed by atoms with van der Waals surface area (Å²) in [6.07, 6.45) is 7.87. The zero-order chi connectivity index (χ0) is 18.3. The van der Waals surface area contributed by atoms with Gasteiger partial charge in [0, 0.05) is 26.0 Å². The molecule has 2 rings (SSSR count). The minimum Gasteiger partial charge on any atom is -0.258 e. The number of rotatable bonds is 7. The summed E-state index contributed by atoms with van der Waals surface area (Å²) in [5.74, 6) is 1.99. The van der Waals surface area contributed by atoms with Gasteiger partial charge in [-0.25, -0.2) is 4.99 Å². The third-order valence-corrected chi connectivity index (χ3v) is 7.63. The normalized spacial score (nSPS) is 16.8. The molecule has 1 saturated carbocycles. The molecule has 0 saturated heterocycles. The van der Waals surface area contributed by atoms with Crippen LogP contribution in [0.4, 0.5) is 11.4 Å². The van der Waals surface area contributed by atoms with Crippen molar-refractivity contribution < 1.29 is 4.92 Å². The fourth-order valence-corrected chi connectivity index (χ4v) is 5.35. The van der Waals surface area contributed by atoms with Gasteiger partial charge in [0.15, 0.2) is 0 Å². The average Bonchev–Trinajstić information content (AvgIpc) is 2.58. The first-order valence-electron chi connectivity index (χ1n) is 9.28. The lowest BCUT2D eigenvalue weighted by atomic mass is 9.91. The van der Waals surface area contributed by atoms with Crippen LogP contribution in [-0.2, 0) is 0 Å². The summed E-state index contributed by atoms with van der Waals surface area (Å²) in [7, 11) is -1.11. The zero-order valence-corrected chi connectivity index (χ0v) is 17.5. The highest BCUT2D eigenvalue weighted by atomic mass is 32.2. The molecule has 0 bridgehead atoms. The van der Waals surface area contributed by atoms with E-state index >= 15 is 0 Å². The van der Waals surface area contributed by atoms with Gasteiger partial charge in [-0.15, -0.1) is 11.8 Å². The van der Waals surface area contributed by atoms with Gasteiger partial charge in [-0.3, -0.25) is 10.1 Å². The van der Waals surface area contributed by atoms with Gasteiger partial charge in [0.05, 0.1) is 15.7 Å². The highest BCUT2D eigenvalue weighted by molar-refractivity contribution is 8.13. The molecule has 25 heavy (non-hydrogen) atoms. The molecule has 1 aliphatic rings. The van der Waals surface area contributed by atoms with Crippen LogP contribution >= 0.6 is 11.8 Å². The van der Waals surface area contributed by atoms with E-state index < -0.39 is 8.07 Å². The average molecular weight is 379 g/mol. The van der Waals surface area contributed by atoms with Crippen molar-refractivity contribution >= 4 is 36.3 Å². The van der Waals surface area contributed by atoms with Crippen molar-refractivity contribution in [2.24, 2.45) is 10.9 Å². The summed E-state index contributed by atoms with van der Waals surface area (Å²) < 4.78 is 0. The molecule has 0 amide bonds. The lowest BCUT2D eigenvalue weighted by molar-refractivity contribution is -0.384. The molecule has 4 nitrogen and oxygen atoms in total. The smallest absolute Gasteiger partial charge is 0.258 e. The highest BCUT2D eigenvalue weighted by Gasteiger charge is 2.18. The lowest BCUT2D eigenvalue weighted by Crippen LogP contribution is -2.20. The molecule has 1 aliphatic carbocycles. The van der Waals surface area contributed by atoms with Crippen LogP contribution in [-0.4, -0.2) is 23.8 Å². The zero-order valence-electron chi connectivity index (χ0n) is 15.7. The third kappa shape index (κ3) is 7.73. The van der Waals surface area contributed by atoms with Crippen molar-refractivity contribution in [1.82, 2.24) is 0 Å². The van der Waals surface area contributed by atoms with Crippen LogP contribution in [0, 0.1) is 16.0 Å². The van der Waals surface area contributed by atoms with Crippen molar-refractivity contribution in [2.45, 2.75) is 64.2 Å². The second-order valence-corrected chi connectivity index (χ2v) is 14.9. The molecule has 1 aromatic rings. The van der Waals surface area contributed by atoms with E-state index in [0.29, 0.717) is 0 Å². The summed E-state index contributed by atoms with van der Waals surface area (Å²) in [6, 6.07) is 7.83. The van der Waals surface area contributed by atoms with Crippen molar-refractivity contribution in [3.8, 4) is 0 Å². The van der Waals surface area contributed by atoms with E-state index in [-0.39, 0.29) is 10.6 Å². The number of hydrogen-bond donors (Lipinski definition) is 0. The van der Waals surface area contributed by atoms with E-state index in [2.05, 4.69) is 19.6 Å². The number of nitro benzene ring substituents is 1. The molecular weight excluding hydrogens is 348 g/mol. The summed E-state index contributed by atoms with van der Waals surface area (Å²) in [5.41, 5.74) is 0.949. The summed E-state index contributed by atoms with van der Waals surface area (Å²) in [4.78, 5) is 15.3. The third-order valence-electron chi connectivity index (χ3n) is 4.61. The Morgan fingerprint density at radius 3 is 2.40 bits per heavy atom. The minimum atomic E-state index is -1.11. The van der Waals surface area contributed by atoms with Crippen LogP contribution in [0.5, 0.6) is 0 Å². The van der Waals surface area contributed by atoms with E-state index in [4.69, 9.17) is 4.99 Å². The molecule has 0 spiro atoms. The molecule has 1 aromatic carbocycles. The van der Waals surface area contributed by atoms with Crippen LogP contribution < -0.4 is 0 Å². The van der Waals surface area contributed by atoms with Gasteiger partial charge in [0.2, 0.25) is 0 Å². The molecular formula is C19H30N2O2SSi. The number of hydrogen-bond acceptors (Lipinski definition) is 4. The van der Waals surface area contributed by atoms with Gasteiger partial charge < -0.3 is 0 Å². The Kier molecular flexibility index (Phi) is 7.69. The monoisotopic (exact) mass is 378 g/mol. The Labute approximate surface area is 156 Å². The Balaban J connectivity index is 2.04. The van der Waals surface area contributed by atoms with E-state index in [1.165, 1.54) is 43.2 Å². The van der Waals surface area contributed by atoms with E-state index in [1.807, 2.05) is 11.8 Å². The molecule has 1 fully saturated rings. The minimum absolute atomic E-state index is 0.123. The molecule has 6 heteroatoms. The van der Waals surface area contributed by atoms with Gasteiger partial charge in [-0.1, -0.05) is 44.9 Å². The standard InChI is InChI=1S/C19H30N2O2SSi/c1-25(2,3)14-13-19(24-15-16-7-5-4-6-8-16)20-17-9-11-18(12-10-17)21(22)23/h9-12,16H,4-8,13-15H2,1-3H3. The second-order valence-electron chi connectivity index (χ2n) is 8.15. The van der Waals surface area contributed by atoms with Crippen LogP contribution in [0.2, 0.25) is 25.7 Å². The van der Waals surface area contributed by atoms with Gasteiger partial charge in [0.25, 0.3) is 5.69 Å². The highest BCUT2D eigenvalue weighted by Crippen LogP contribution is 2.30. The SMILES string of the molecule is C[Si](C)(C)CCC(=Nc1ccc([N+](=O)[O-])cc1)SCC1CCCCC1. The van der Waals surface area contributed by atoms with Gasteiger partial charge in [-0.05, 0) is 37.3 Å². The maximum Gasteiger partial charge on any atom is 0.269 e. The number of thioether (sulfide) groups is 1. The van der Waals surface area contributed by atoms with E-state index in [9.17, 15) is 10.1 Å². The number of nitrogens with zero attached hydrogens (tertiary/aromatic N) is 2. The second kappa shape index (κ2) is 9.53. The van der Waals surface area contributed by atoms with Crippen LogP contribution in [0.3, 0.4) is 0 Å². The number of benzene rings is 1. The molecule has 0 atom stereocenters. The number of nitro groups is 1. The number of aliphatic imine (C=N–C) groups is 1. The Morgan fingerprint density at radius 1 is 1.20 bits per heavy atom. The van der Waals surface area contributed by atoms with Crippen LogP contribution in [0.1, 0.15) is 38.5 Å². The van der Waals surface area contributed by atoms with Gasteiger partial charge >= 0.3 is 0 Å². The van der Waals surface area contributed by atoms with E-state index in [1.54, 1.807) is 24.3 Å². The Morgan fingerprint density at radius 2 is 1.84 bits per heavy atom. The van der Waals surface area contributed by atoms with Crippen LogP contribution in [0.25, 0.3) is 0 Å². The van der Waals surface area contributed by atoms with Crippen molar-refractivity contribution in [2.75, 3.05) is 5.75 Å². The lowest BCUT2D eigenvalue weighted by Gasteiger charge is -2.22. The predicted molar refractivity (Wildman–Crippen MR) is 112 cm³/mol. The molecule has 0 unspecified atom stereocenters. The molecule has 0 aromatic heterocycles. The van der Waals surface area contributed by atoms with Crippen molar-refractivity contribution in [3.05, 3.63) is 34.4 Å². The number of non-ortho nitro benzene ring substituents is 1. The largest absolute Gasteiger partial charge is 0.269 e. The molecule has 0 aliphatic heterocycles. The summed E-state index contributed by atoms with van der Waals surface area (Å²) in [6.45, 7) is 7.17. The maximum absolute atomic E-state index is 10.8. The molecule has 0 heterocycles. The summed E-state index contributed by atoms with van der Waals surface area (Å²) >= 11 is 1.91. The van der Waals surface area contributed by atoms with Crippen LogP contribution in [0.15, 0.2) is 29.3 Å². The topological polar surface area (TPSA) is 55.5 Å². The predicted octanol–water partition coefficient (Wildman–Crippen LogP) is 6.67. The maximum atomic E-state index is 10.8. The fourth-order valence-electron chi connectivity index (χ4n) is 3.00. The Hall–Kier alpha value is -1.14. The first-order valence-corrected chi connectivity index (χ1v) is 14.0. The van der Waals surface area contributed by atoms with Gasteiger partial charge in [-0.2, -0.15) is 0 Å². The summed E-state index contributed by atoms with van der Waals surface area (Å²) in [5, 5.41) is 12.0. The van der Waals surface area contributed by atoms with Crippen molar-refractivity contribution in [1.29, 1.82) is 0 Å².